The molecule has 1 unspecified atom stereocenters. The predicted octanol–water partition coefficient (Wildman–Crippen LogP) is 5.68. The molecular weight excluding hydrogens is 351 g/mol. The first-order chi connectivity index (χ1) is 10.0. The molecule has 0 saturated heterocycles. The van der Waals surface area contributed by atoms with Crippen molar-refractivity contribution < 1.29 is 4.39 Å². The van der Waals surface area contributed by atoms with Crippen molar-refractivity contribution in [1.29, 1.82) is 0 Å². The molecule has 21 heavy (non-hydrogen) atoms. The van der Waals surface area contributed by atoms with Crippen LogP contribution in [-0.4, -0.2) is 4.98 Å². The Morgan fingerprint density at radius 3 is 2.81 bits per heavy atom. The highest BCUT2D eigenvalue weighted by atomic mass is 79.9. The maximum atomic E-state index is 13.7. The van der Waals surface area contributed by atoms with Crippen molar-refractivity contribution in [3.05, 3.63) is 57.3 Å². The molecule has 108 valence electrons. The van der Waals surface area contributed by atoms with E-state index in [2.05, 4.69) is 32.3 Å². The van der Waals surface area contributed by atoms with Gasteiger partial charge in [0.2, 0.25) is 0 Å². The van der Waals surface area contributed by atoms with Gasteiger partial charge in [0.1, 0.15) is 10.8 Å². The number of benzene rings is 2. The van der Waals surface area contributed by atoms with Crippen molar-refractivity contribution >= 4 is 43.2 Å². The quantitative estimate of drug-likeness (QED) is 0.646. The van der Waals surface area contributed by atoms with Crippen molar-refractivity contribution in [1.82, 2.24) is 4.98 Å². The Bertz CT molecular complexity index is 767. The zero-order valence-corrected chi connectivity index (χ0v) is 14.1. The number of hydrogen-bond donors (Lipinski definition) is 1. The summed E-state index contributed by atoms with van der Waals surface area (Å²) in [5.41, 5.74) is 2.79. The van der Waals surface area contributed by atoms with Gasteiger partial charge < -0.3 is 5.32 Å². The van der Waals surface area contributed by atoms with E-state index in [9.17, 15) is 4.39 Å². The minimum absolute atomic E-state index is 0.0293. The highest BCUT2D eigenvalue weighted by Gasteiger charge is 2.13. The fraction of sp³-hybridized carbons (Fsp3) is 0.188. The molecule has 1 N–H and O–H groups in total. The predicted molar refractivity (Wildman–Crippen MR) is 90.5 cm³/mol. The maximum Gasteiger partial charge on any atom is 0.139 e. The fourth-order valence-electron chi connectivity index (χ4n) is 2.17. The summed E-state index contributed by atoms with van der Waals surface area (Å²) < 4.78 is 15.3. The lowest BCUT2D eigenvalue weighted by Crippen LogP contribution is -2.07. The van der Waals surface area contributed by atoms with E-state index in [0.717, 1.165) is 21.8 Å². The summed E-state index contributed by atoms with van der Waals surface area (Å²) >= 11 is 4.86. The first-order valence-electron chi connectivity index (χ1n) is 6.62. The molecule has 0 radical (unpaired) electrons. The number of fused-ring (bicyclic) bond motifs is 1. The Balaban J connectivity index is 1.89. The average molecular weight is 365 g/mol. The second-order valence-corrected chi connectivity index (χ2v) is 6.88. The summed E-state index contributed by atoms with van der Waals surface area (Å²) in [6.07, 6.45) is 0. The molecule has 0 aliphatic heterocycles. The number of thiazole rings is 1. The molecule has 0 amide bonds. The molecule has 0 bridgehead atoms. The van der Waals surface area contributed by atoms with Crippen molar-refractivity contribution in [3.8, 4) is 0 Å². The molecular formula is C16H14BrFN2S. The van der Waals surface area contributed by atoms with Gasteiger partial charge in [0.05, 0.1) is 20.7 Å². The van der Waals surface area contributed by atoms with Crippen LogP contribution in [0.1, 0.15) is 23.5 Å². The Morgan fingerprint density at radius 2 is 2.05 bits per heavy atom. The summed E-state index contributed by atoms with van der Waals surface area (Å²) in [4.78, 5) is 4.63. The van der Waals surface area contributed by atoms with E-state index in [-0.39, 0.29) is 11.9 Å². The first kappa shape index (κ1) is 14.5. The smallest absolute Gasteiger partial charge is 0.139 e. The molecule has 5 heteroatoms. The van der Waals surface area contributed by atoms with Crippen LogP contribution in [-0.2, 0) is 0 Å². The summed E-state index contributed by atoms with van der Waals surface area (Å²) in [7, 11) is 0. The zero-order chi connectivity index (χ0) is 15.0. The third-order valence-electron chi connectivity index (χ3n) is 3.32. The molecule has 3 aromatic rings. The van der Waals surface area contributed by atoms with Gasteiger partial charge in [0, 0.05) is 5.69 Å². The monoisotopic (exact) mass is 364 g/mol. The van der Waals surface area contributed by atoms with E-state index in [1.54, 1.807) is 17.4 Å². The van der Waals surface area contributed by atoms with Gasteiger partial charge in [-0.2, -0.15) is 0 Å². The number of nitrogens with one attached hydrogen (secondary N) is 1. The van der Waals surface area contributed by atoms with Gasteiger partial charge in [0.15, 0.2) is 0 Å². The number of hydrogen-bond acceptors (Lipinski definition) is 3. The first-order valence-corrected chi connectivity index (χ1v) is 8.23. The lowest BCUT2D eigenvalue weighted by Gasteiger charge is -2.15. The second-order valence-electron chi connectivity index (χ2n) is 4.97. The Kier molecular flexibility index (Phi) is 3.95. The van der Waals surface area contributed by atoms with Gasteiger partial charge in [-0.15, -0.1) is 11.3 Å². The zero-order valence-electron chi connectivity index (χ0n) is 11.7. The Hall–Kier alpha value is -1.46. The summed E-state index contributed by atoms with van der Waals surface area (Å²) in [6, 6.07) is 11.4. The Morgan fingerprint density at radius 1 is 1.29 bits per heavy atom. The van der Waals surface area contributed by atoms with E-state index in [4.69, 9.17) is 0 Å². The number of rotatable bonds is 3. The molecule has 0 spiro atoms. The van der Waals surface area contributed by atoms with Crippen molar-refractivity contribution in [2.24, 2.45) is 0 Å². The molecule has 2 nitrogen and oxygen atoms in total. The molecule has 3 rings (SSSR count). The second kappa shape index (κ2) is 5.73. The van der Waals surface area contributed by atoms with E-state index in [1.165, 1.54) is 10.8 Å². The van der Waals surface area contributed by atoms with Crippen molar-refractivity contribution in [2.45, 2.75) is 19.9 Å². The van der Waals surface area contributed by atoms with Crippen molar-refractivity contribution in [3.63, 3.8) is 0 Å². The SMILES string of the molecule is Cc1cc(Br)c(F)cc1NC(C)c1nc2ccccc2s1. The minimum Gasteiger partial charge on any atom is -0.376 e. The molecule has 1 aromatic heterocycles. The Labute approximate surface area is 135 Å². The molecule has 0 aliphatic rings. The van der Waals surface area contributed by atoms with Crippen LogP contribution in [0.3, 0.4) is 0 Å². The van der Waals surface area contributed by atoms with Crippen LogP contribution in [0.15, 0.2) is 40.9 Å². The standard InChI is InChI=1S/C16H14BrFN2S/c1-9-7-11(17)12(18)8-14(9)19-10(2)16-20-13-5-3-4-6-15(13)21-16/h3-8,10,19H,1-2H3. The third kappa shape index (κ3) is 2.94. The lowest BCUT2D eigenvalue weighted by molar-refractivity contribution is 0.620. The van der Waals surface area contributed by atoms with Gasteiger partial charge in [0.25, 0.3) is 0 Å². The molecule has 0 saturated carbocycles. The normalized spacial score (nSPS) is 12.6. The van der Waals surface area contributed by atoms with Crippen LogP contribution < -0.4 is 5.32 Å². The van der Waals surface area contributed by atoms with E-state index in [0.29, 0.717) is 4.47 Å². The number of aromatic nitrogens is 1. The van der Waals surface area contributed by atoms with Crippen LogP contribution in [0.25, 0.3) is 10.2 Å². The highest BCUT2D eigenvalue weighted by Crippen LogP contribution is 2.30. The summed E-state index contributed by atoms with van der Waals surface area (Å²) in [5, 5.41) is 4.34. The van der Waals surface area contributed by atoms with Crippen molar-refractivity contribution in [2.75, 3.05) is 5.32 Å². The van der Waals surface area contributed by atoms with Gasteiger partial charge in [-0.05, 0) is 59.6 Å². The molecule has 2 aromatic carbocycles. The fourth-order valence-corrected chi connectivity index (χ4v) is 3.60. The summed E-state index contributed by atoms with van der Waals surface area (Å²) in [5.74, 6) is -0.264. The topological polar surface area (TPSA) is 24.9 Å². The minimum atomic E-state index is -0.264. The molecule has 1 atom stereocenters. The number of nitrogens with zero attached hydrogens (tertiary/aromatic N) is 1. The maximum absolute atomic E-state index is 13.7. The highest BCUT2D eigenvalue weighted by molar-refractivity contribution is 9.10. The van der Waals surface area contributed by atoms with Gasteiger partial charge in [-0.3, -0.25) is 0 Å². The van der Waals surface area contributed by atoms with E-state index >= 15 is 0 Å². The van der Waals surface area contributed by atoms with Crippen LogP contribution >= 0.6 is 27.3 Å². The lowest BCUT2D eigenvalue weighted by atomic mass is 10.2. The molecule has 1 heterocycles. The summed E-state index contributed by atoms with van der Waals surface area (Å²) in [6.45, 7) is 3.99. The van der Waals surface area contributed by atoms with Crippen LogP contribution in [0.4, 0.5) is 10.1 Å². The third-order valence-corrected chi connectivity index (χ3v) is 5.15. The van der Waals surface area contributed by atoms with Crippen LogP contribution in [0.5, 0.6) is 0 Å². The largest absolute Gasteiger partial charge is 0.376 e. The van der Waals surface area contributed by atoms with E-state index < -0.39 is 0 Å². The average Bonchev–Trinajstić information content (AvgIpc) is 2.88. The van der Waals surface area contributed by atoms with Crippen LogP contribution in [0, 0.1) is 12.7 Å². The number of anilines is 1. The molecule has 0 fully saturated rings. The van der Waals surface area contributed by atoms with Gasteiger partial charge in [-0.25, -0.2) is 9.37 Å². The molecule has 0 aliphatic carbocycles. The van der Waals surface area contributed by atoms with Gasteiger partial charge in [-0.1, -0.05) is 12.1 Å². The number of para-hydroxylation sites is 1. The van der Waals surface area contributed by atoms with E-state index in [1.807, 2.05) is 32.0 Å². The number of aryl methyl sites for hydroxylation is 1. The van der Waals surface area contributed by atoms with Crippen LogP contribution in [0.2, 0.25) is 0 Å². The van der Waals surface area contributed by atoms with Gasteiger partial charge >= 0.3 is 0 Å². The number of halogens is 2.